The Balaban J connectivity index is 2.00. The average Bonchev–Trinajstić information content (AvgIpc) is 2.90. The van der Waals surface area contributed by atoms with E-state index in [0.717, 1.165) is 22.4 Å². The molecule has 1 heterocycles. The summed E-state index contributed by atoms with van der Waals surface area (Å²) in [6, 6.07) is 0.627. The molecule has 4 heteroatoms. The molecule has 0 aromatic carbocycles. The normalized spacial score (nSPS) is 32.8. The Kier molecular flexibility index (Phi) is 2.42. The van der Waals surface area contributed by atoms with Gasteiger partial charge in [-0.1, -0.05) is 20.3 Å². The Labute approximate surface area is 101 Å². The van der Waals surface area contributed by atoms with Crippen molar-refractivity contribution in [3.8, 4) is 0 Å². The van der Waals surface area contributed by atoms with Crippen LogP contribution in [0.15, 0.2) is 0 Å². The minimum Gasteiger partial charge on any atom is -0.301 e. The van der Waals surface area contributed by atoms with Crippen molar-refractivity contribution in [3.05, 3.63) is 10.6 Å². The van der Waals surface area contributed by atoms with Gasteiger partial charge < -0.3 is 4.57 Å². The second kappa shape index (κ2) is 3.69. The quantitative estimate of drug-likeness (QED) is 0.800. The molecule has 2 aliphatic carbocycles. The molecule has 2 fully saturated rings. The minimum absolute atomic E-state index is 0.451. The molecule has 1 aromatic rings. The third kappa shape index (κ3) is 1.46. The summed E-state index contributed by atoms with van der Waals surface area (Å²) in [6.07, 6.45) is 5.55. The van der Waals surface area contributed by atoms with E-state index < -0.39 is 0 Å². The van der Waals surface area contributed by atoms with Gasteiger partial charge in [0.15, 0.2) is 4.77 Å². The van der Waals surface area contributed by atoms with Crippen molar-refractivity contribution in [2.24, 2.45) is 11.8 Å². The largest absolute Gasteiger partial charge is 0.301 e. The van der Waals surface area contributed by atoms with Crippen LogP contribution in [0.1, 0.15) is 57.3 Å². The van der Waals surface area contributed by atoms with E-state index in [0.29, 0.717) is 12.0 Å². The first-order valence-corrected chi connectivity index (χ1v) is 6.74. The zero-order valence-corrected chi connectivity index (χ0v) is 10.8. The topological polar surface area (TPSA) is 33.6 Å². The summed E-state index contributed by atoms with van der Waals surface area (Å²) in [5, 5.41) is 7.36. The Bertz CT molecular complexity index is 445. The highest BCUT2D eigenvalue weighted by molar-refractivity contribution is 7.71. The summed E-state index contributed by atoms with van der Waals surface area (Å²) in [4.78, 5) is 0. The van der Waals surface area contributed by atoms with E-state index in [2.05, 4.69) is 28.6 Å². The minimum atomic E-state index is 0.451. The lowest BCUT2D eigenvalue weighted by atomic mass is 9.95. The molecule has 0 aliphatic heterocycles. The van der Waals surface area contributed by atoms with Crippen molar-refractivity contribution in [1.82, 2.24) is 14.8 Å². The van der Waals surface area contributed by atoms with Crippen LogP contribution in [-0.2, 0) is 0 Å². The molecule has 1 aromatic heterocycles. The maximum absolute atomic E-state index is 5.39. The van der Waals surface area contributed by atoms with E-state index in [9.17, 15) is 0 Å². The van der Waals surface area contributed by atoms with Crippen molar-refractivity contribution >= 4 is 12.2 Å². The van der Waals surface area contributed by atoms with Crippen LogP contribution in [0.25, 0.3) is 0 Å². The van der Waals surface area contributed by atoms with Gasteiger partial charge in [0.2, 0.25) is 0 Å². The van der Waals surface area contributed by atoms with Gasteiger partial charge in [-0.25, -0.2) is 0 Å². The van der Waals surface area contributed by atoms with E-state index in [4.69, 9.17) is 12.2 Å². The molecule has 0 amide bonds. The van der Waals surface area contributed by atoms with E-state index in [-0.39, 0.29) is 0 Å². The SMILES string of the molecule is CC(C)c1n[nH]c(=S)n1[C@H]1C[C@H]2CC[C@H]1C2. The summed E-state index contributed by atoms with van der Waals surface area (Å²) in [7, 11) is 0. The summed E-state index contributed by atoms with van der Waals surface area (Å²) >= 11 is 5.39. The van der Waals surface area contributed by atoms with Crippen molar-refractivity contribution in [1.29, 1.82) is 0 Å². The number of aromatic amines is 1. The molecule has 88 valence electrons. The third-order valence-corrected chi connectivity index (χ3v) is 4.57. The Hall–Kier alpha value is -0.640. The second-order valence-electron chi connectivity index (χ2n) is 5.65. The number of fused-ring (bicyclic) bond motifs is 2. The lowest BCUT2D eigenvalue weighted by molar-refractivity contribution is 0.317. The number of aromatic nitrogens is 3. The van der Waals surface area contributed by atoms with Crippen molar-refractivity contribution in [2.45, 2.75) is 51.5 Å². The predicted octanol–water partition coefficient (Wildman–Crippen LogP) is 3.43. The molecule has 3 rings (SSSR count). The van der Waals surface area contributed by atoms with E-state index in [1.165, 1.54) is 25.7 Å². The van der Waals surface area contributed by atoms with Gasteiger partial charge in [-0.05, 0) is 43.3 Å². The van der Waals surface area contributed by atoms with Crippen LogP contribution in [0.4, 0.5) is 0 Å². The van der Waals surface area contributed by atoms with Crippen LogP contribution in [-0.4, -0.2) is 14.8 Å². The highest BCUT2D eigenvalue weighted by Crippen LogP contribution is 2.51. The number of nitrogens with one attached hydrogen (secondary N) is 1. The van der Waals surface area contributed by atoms with Gasteiger partial charge >= 0.3 is 0 Å². The molecule has 2 saturated carbocycles. The van der Waals surface area contributed by atoms with Gasteiger partial charge in [0.25, 0.3) is 0 Å². The van der Waals surface area contributed by atoms with Crippen molar-refractivity contribution in [3.63, 3.8) is 0 Å². The molecular formula is C12H19N3S. The highest BCUT2D eigenvalue weighted by Gasteiger charge is 2.41. The zero-order chi connectivity index (χ0) is 11.3. The van der Waals surface area contributed by atoms with E-state index >= 15 is 0 Å². The summed E-state index contributed by atoms with van der Waals surface area (Å²) in [5.41, 5.74) is 0. The Morgan fingerprint density at radius 3 is 2.75 bits per heavy atom. The van der Waals surface area contributed by atoms with Crippen molar-refractivity contribution in [2.75, 3.05) is 0 Å². The van der Waals surface area contributed by atoms with Gasteiger partial charge in [0.1, 0.15) is 5.82 Å². The van der Waals surface area contributed by atoms with Crippen LogP contribution in [0.3, 0.4) is 0 Å². The van der Waals surface area contributed by atoms with E-state index in [1.807, 2.05) is 0 Å². The number of nitrogens with zero attached hydrogens (tertiary/aromatic N) is 2. The standard InChI is InChI=1S/C12H19N3S/c1-7(2)11-13-14-12(16)15(11)10-6-8-3-4-9(10)5-8/h7-10H,3-6H2,1-2H3,(H,14,16)/t8-,9-,10-/m0/s1. The molecule has 0 radical (unpaired) electrons. The Morgan fingerprint density at radius 2 is 2.19 bits per heavy atom. The zero-order valence-electron chi connectivity index (χ0n) is 9.94. The number of hydrogen-bond donors (Lipinski definition) is 1. The summed E-state index contributed by atoms with van der Waals surface area (Å²) in [6.45, 7) is 4.38. The van der Waals surface area contributed by atoms with Gasteiger partial charge in [-0.15, -0.1) is 0 Å². The fourth-order valence-electron chi connectivity index (χ4n) is 3.57. The van der Waals surface area contributed by atoms with Crippen molar-refractivity contribution < 1.29 is 0 Å². The highest BCUT2D eigenvalue weighted by atomic mass is 32.1. The maximum Gasteiger partial charge on any atom is 0.195 e. The molecule has 3 atom stereocenters. The lowest BCUT2D eigenvalue weighted by Gasteiger charge is -2.25. The lowest BCUT2D eigenvalue weighted by Crippen LogP contribution is -2.19. The number of hydrogen-bond acceptors (Lipinski definition) is 2. The van der Waals surface area contributed by atoms with Crippen LogP contribution in [0, 0.1) is 16.6 Å². The summed E-state index contributed by atoms with van der Waals surface area (Å²) < 4.78 is 3.13. The van der Waals surface area contributed by atoms with Gasteiger partial charge in [0.05, 0.1) is 0 Å². The number of H-pyrrole nitrogens is 1. The fraction of sp³-hybridized carbons (Fsp3) is 0.833. The van der Waals surface area contributed by atoms with Gasteiger partial charge in [0, 0.05) is 12.0 Å². The molecular weight excluding hydrogens is 218 g/mol. The molecule has 0 saturated heterocycles. The first-order chi connectivity index (χ1) is 7.66. The van der Waals surface area contributed by atoms with Gasteiger partial charge in [-0.2, -0.15) is 5.10 Å². The molecule has 2 bridgehead atoms. The third-order valence-electron chi connectivity index (χ3n) is 4.28. The van der Waals surface area contributed by atoms with Crippen LogP contribution in [0.2, 0.25) is 0 Å². The molecule has 0 spiro atoms. The van der Waals surface area contributed by atoms with E-state index in [1.54, 1.807) is 0 Å². The maximum atomic E-state index is 5.39. The fourth-order valence-corrected chi connectivity index (χ4v) is 3.85. The van der Waals surface area contributed by atoms with Crippen LogP contribution >= 0.6 is 12.2 Å². The molecule has 0 unspecified atom stereocenters. The van der Waals surface area contributed by atoms with Crippen LogP contribution in [0.5, 0.6) is 0 Å². The molecule has 2 aliphatic rings. The monoisotopic (exact) mass is 237 g/mol. The first-order valence-electron chi connectivity index (χ1n) is 6.33. The predicted molar refractivity (Wildman–Crippen MR) is 66.0 cm³/mol. The summed E-state index contributed by atoms with van der Waals surface area (Å²) in [5.74, 6) is 3.40. The van der Waals surface area contributed by atoms with Gasteiger partial charge in [-0.3, -0.25) is 5.10 Å². The smallest absolute Gasteiger partial charge is 0.195 e. The second-order valence-corrected chi connectivity index (χ2v) is 6.04. The molecule has 16 heavy (non-hydrogen) atoms. The average molecular weight is 237 g/mol. The number of rotatable bonds is 2. The van der Waals surface area contributed by atoms with Crippen LogP contribution < -0.4 is 0 Å². The Morgan fingerprint density at radius 1 is 1.38 bits per heavy atom. The first kappa shape index (κ1) is 10.5. The molecule has 1 N–H and O–H groups in total. The molecule has 3 nitrogen and oxygen atoms in total.